The van der Waals surface area contributed by atoms with E-state index in [-0.39, 0.29) is 0 Å². The summed E-state index contributed by atoms with van der Waals surface area (Å²) in [6.07, 6.45) is 5.07. The summed E-state index contributed by atoms with van der Waals surface area (Å²) in [4.78, 5) is 0. The van der Waals surface area contributed by atoms with Gasteiger partial charge in [0.05, 0.1) is 0 Å². The van der Waals surface area contributed by atoms with Crippen LogP contribution in [0.4, 0.5) is 0 Å². The Kier molecular flexibility index (Phi) is 11.3. The smallest absolute Gasteiger partial charge is 0.122 e. The Balaban J connectivity index is 0.00000137. The summed E-state index contributed by atoms with van der Waals surface area (Å²) in [5, 5.41) is 0. The fourth-order valence-electron chi connectivity index (χ4n) is 1.34. The Morgan fingerprint density at radius 2 is 1.83 bits per heavy atom. The van der Waals surface area contributed by atoms with Crippen molar-refractivity contribution in [1.29, 1.82) is 0 Å². The molecule has 0 saturated carbocycles. The van der Waals surface area contributed by atoms with Gasteiger partial charge in [0.2, 0.25) is 0 Å². The molecule has 0 aliphatic rings. The molecule has 1 aromatic rings. The average Bonchev–Trinajstić information content (AvgIpc) is 2.42. The van der Waals surface area contributed by atoms with Gasteiger partial charge in [-0.15, -0.1) is 0 Å². The predicted octanol–water partition coefficient (Wildman–Crippen LogP) is 4.38. The number of hydrogen-bond acceptors (Lipinski definition) is 2. The number of ether oxygens (including phenoxy) is 2. The van der Waals surface area contributed by atoms with Crippen LogP contribution in [0.2, 0.25) is 0 Å². The lowest BCUT2D eigenvalue weighted by molar-refractivity contribution is 0.152. The standard InChI is InChI=1S/C14H20O2.C2H6/c1-3-15-11-7-4-8-12-16-14-10-6-5-9-13(14)2;1-2/h4-6,8-10H,3,7,11-12H2,1-2H3;1-2H3/b8-4+;. The Labute approximate surface area is 112 Å². The highest BCUT2D eigenvalue weighted by Crippen LogP contribution is 2.15. The van der Waals surface area contributed by atoms with Gasteiger partial charge in [-0.25, -0.2) is 0 Å². The van der Waals surface area contributed by atoms with Crippen LogP contribution in [0.25, 0.3) is 0 Å². The lowest BCUT2D eigenvalue weighted by Crippen LogP contribution is -1.96. The van der Waals surface area contributed by atoms with Crippen LogP contribution in [0.3, 0.4) is 0 Å². The topological polar surface area (TPSA) is 18.5 Å². The van der Waals surface area contributed by atoms with E-state index < -0.39 is 0 Å². The number of para-hydroxylation sites is 1. The second-order valence-electron chi connectivity index (χ2n) is 3.53. The van der Waals surface area contributed by atoms with Gasteiger partial charge in [0.1, 0.15) is 12.4 Å². The first-order valence-electron chi connectivity index (χ1n) is 6.75. The molecule has 18 heavy (non-hydrogen) atoms. The lowest BCUT2D eigenvalue weighted by atomic mass is 10.2. The minimum Gasteiger partial charge on any atom is -0.489 e. The second kappa shape index (κ2) is 12.2. The minimum absolute atomic E-state index is 0.622. The normalized spacial score (nSPS) is 10.0. The first kappa shape index (κ1) is 16.7. The van der Waals surface area contributed by atoms with Crippen LogP contribution >= 0.6 is 0 Å². The number of aryl methyl sites for hydroxylation is 1. The van der Waals surface area contributed by atoms with Gasteiger partial charge in [0, 0.05) is 13.2 Å². The fourth-order valence-corrected chi connectivity index (χ4v) is 1.34. The molecular formula is C16H26O2. The van der Waals surface area contributed by atoms with E-state index in [0.29, 0.717) is 6.61 Å². The highest BCUT2D eigenvalue weighted by Gasteiger charge is 1.94. The van der Waals surface area contributed by atoms with Crippen molar-refractivity contribution < 1.29 is 9.47 Å². The van der Waals surface area contributed by atoms with E-state index in [1.54, 1.807) is 0 Å². The van der Waals surface area contributed by atoms with Crippen molar-refractivity contribution in [2.75, 3.05) is 19.8 Å². The van der Waals surface area contributed by atoms with E-state index in [1.165, 1.54) is 5.56 Å². The summed E-state index contributed by atoms with van der Waals surface area (Å²) in [6.45, 7) is 10.3. The maximum Gasteiger partial charge on any atom is 0.122 e. The van der Waals surface area contributed by atoms with Crippen molar-refractivity contribution >= 4 is 0 Å². The van der Waals surface area contributed by atoms with Crippen LogP contribution in [0.15, 0.2) is 36.4 Å². The minimum atomic E-state index is 0.622. The van der Waals surface area contributed by atoms with Crippen LogP contribution in [0.1, 0.15) is 32.8 Å². The van der Waals surface area contributed by atoms with Crippen LogP contribution in [-0.4, -0.2) is 19.8 Å². The highest BCUT2D eigenvalue weighted by molar-refractivity contribution is 5.31. The van der Waals surface area contributed by atoms with Crippen molar-refractivity contribution in [1.82, 2.24) is 0 Å². The molecule has 2 nitrogen and oxygen atoms in total. The molecule has 0 aliphatic carbocycles. The number of benzene rings is 1. The SMILES string of the molecule is CC.CCOCC/C=C/COc1ccccc1C. The molecule has 0 atom stereocenters. The van der Waals surface area contributed by atoms with Gasteiger partial charge in [-0.2, -0.15) is 0 Å². The molecule has 0 N–H and O–H groups in total. The molecule has 0 aromatic heterocycles. The summed E-state index contributed by atoms with van der Waals surface area (Å²) in [5.41, 5.74) is 1.17. The third kappa shape index (κ3) is 7.91. The zero-order valence-electron chi connectivity index (χ0n) is 12.1. The van der Waals surface area contributed by atoms with Crippen LogP contribution in [0, 0.1) is 6.92 Å². The van der Waals surface area contributed by atoms with Gasteiger partial charge >= 0.3 is 0 Å². The molecule has 0 fully saturated rings. The maximum absolute atomic E-state index is 5.62. The summed E-state index contributed by atoms with van der Waals surface area (Å²) in [5.74, 6) is 0.956. The Hall–Kier alpha value is -1.28. The van der Waals surface area contributed by atoms with Gasteiger partial charge in [-0.05, 0) is 31.9 Å². The second-order valence-corrected chi connectivity index (χ2v) is 3.53. The zero-order chi connectivity index (χ0) is 13.6. The molecule has 0 saturated heterocycles. The predicted molar refractivity (Wildman–Crippen MR) is 78.3 cm³/mol. The van der Waals surface area contributed by atoms with E-state index in [2.05, 4.69) is 6.08 Å². The Morgan fingerprint density at radius 1 is 1.11 bits per heavy atom. The first-order chi connectivity index (χ1) is 8.84. The molecule has 0 amide bonds. The molecule has 0 heterocycles. The molecule has 2 heteroatoms. The first-order valence-corrected chi connectivity index (χ1v) is 6.75. The van der Waals surface area contributed by atoms with Crippen LogP contribution < -0.4 is 4.74 Å². The molecule has 102 valence electrons. The van der Waals surface area contributed by atoms with Crippen LogP contribution in [0.5, 0.6) is 5.75 Å². The van der Waals surface area contributed by atoms with Gasteiger partial charge in [0.15, 0.2) is 0 Å². The third-order valence-corrected chi connectivity index (χ3v) is 2.23. The van der Waals surface area contributed by atoms with Crippen molar-refractivity contribution in [2.45, 2.75) is 34.1 Å². The van der Waals surface area contributed by atoms with Crippen molar-refractivity contribution in [3.05, 3.63) is 42.0 Å². The molecule has 0 unspecified atom stereocenters. The highest BCUT2D eigenvalue weighted by atomic mass is 16.5. The third-order valence-electron chi connectivity index (χ3n) is 2.23. The maximum atomic E-state index is 5.62. The van der Waals surface area contributed by atoms with Gasteiger partial charge in [-0.1, -0.05) is 44.2 Å². The monoisotopic (exact) mass is 250 g/mol. The largest absolute Gasteiger partial charge is 0.489 e. The summed E-state index contributed by atoms with van der Waals surface area (Å²) in [7, 11) is 0. The summed E-state index contributed by atoms with van der Waals surface area (Å²) < 4.78 is 10.8. The molecule has 0 spiro atoms. The molecule has 0 radical (unpaired) electrons. The van der Waals surface area contributed by atoms with Crippen molar-refractivity contribution in [3.63, 3.8) is 0 Å². The average molecular weight is 250 g/mol. The molecule has 0 bridgehead atoms. The Morgan fingerprint density at radius 3 is 2.50 bits per heavy atom. The quantitative estimate of drug-likeness (QED) is 0.528. The molecule has 1 aromatic carbocycles. The van der Waals surface area contributed by atoms with Crippen LogP contribution in [-0.2, 0) is 4.74 Å². The number of hydrogen-bond donors (Lipinski definition) is 0. The van der Waals surface area contributed by atoms with Gasteiger partial charge in [-0.3, -0.25) is 0 Å². The Bertz CT molecular complexity index is 319. The van der Waals surface area contributed by atoms with E-state index in [9.17, 15) is 0 Å². The van der Waals surface area contributed by atoms with Crippen molar-refractivity contribution in [3.8, 4) is 5.75 Å². The summed E-state index contributed by atoms with van der Waals surface area (Å²) >= 11 is 0. The fraction of sp³-hybridized carbons (Fsp3) is 0.500. The number of rotatable bonds is 7. The van der Waals surface area contributed by atoms with E-state index in [1.807, 2.05) is 58.0 Å². The summed E-state index contributed by atoms with van der Waals surface area (Å²) in [6, 6.07) is 8.04. The van der Waals surface area contributed by atoms with E-state index >= 15 is 0 Å². The van der Waals surface area contributed by atoms with Gasteiger partial charge < -0.3 is 9.47 Å². The molecular weight excluding hydrogens is 224 g/mol. The zero-order valence-corrected chi connectivity index (χ0v) is 12.1. The molecule has 0 aliphatic heterocycles. The van der Waals surface area contributed by atoms with E-state index in [0.717, 1.165) is 25.4 Å². The molecule has 1 rings (SSSR count). The van der Waals surface area contributed by atoms with Gasteiger partial charge in [0.25, 0.3) is 0 Å². The lowest BCUT2D eigenvalue weighted by Gasteiger charge is -2.05. The van der Waals surface area contributed by atoms with E-state index in [4.69, 9.17) is 9.47 Å². The van der Waals surface area contributed by atoms with Crippen molar-refractivity contribution in [2.24, 2.45) is 0 Å².